The maximum atomic E-state index is 5.68. The quantitative estimate of drug-likeness (QED) is 0.159. The van der Waals surface area contributed by atoms with Crippen molar-refractivity contribution in [2.45, 2.75) is 79.1 Å². The van der Waals surface area contributed by atoms with E-state index in [0.717, 1.165) is 12.8 Å². The van der Waals surface area contributed by atoms with Gasteiger partial charge in [-0.25, -0.2) is 0 Å². The minimum atomic E-state index is -4.89. The number of halogens is 2. The molecule has 0 heterocycles. The zero-order chi connectivity index (χ0) is 30.1. The summed E-state index contributed by atoms with van der Waals surface area (Å²) < 4.78 is 11.6. The van der Waals surface area contributed by atoms with Gasteiger partial charge in [0.2, 0.25) is 0 Å². The molecule has 3 heteroatoms. The molecule has 0 unspecified atom stereocenters. The number of hydrogen-bond donors (Lipinski definition) is 0. The van der Waals surface area contributed by atoms with Crippen LogP contribution in [0.25, 0.3) is 11.1 Å². The standard InChI is InChI=1S/C21H25.2C7H7.C5H5.CH2.2ClH.Hf/c1-20(2,3)16-9-7-14-11-15-8-10-17(21(4,5)6)13-19(15)18(14)12-16;2*1-7-5-3-2-4-6-7;1-2-4-5-3-1;;;;/h7,9-10,12-13H,11H2,1-6H3;2*3-6H,1H3;1-3H,4H2;1H2;2*1H;. The zero-order valence-corrected chi connectivity index (χ0v) is 32.9. The van der Waals surface area contributed by atoms with Crippen molar-refractivity contribution < 1.29 is 18.0 Å². The van der Waals surface area contributed by atoms with Crippen molar-refractivity contribution >= 4 is 39.0 Å². The van der Waals surface area contributed by atoms with Crippen LogP contribution in [0.2, 0.25) is 0 Å². The molecule has 0 amide bonds. The Hall–Kier alpha value is -2.32. The molecule has 0 spiro atoms. The van der Waals surface area contributed by atoms with Crippen molar-refractivity contribution in [2.75, 3.05) is 0 Å². The summed E-state index contributed by atoms with van der Waals surface area (Å²) >= 11 is -4.89. The number of aryl methyl sites for hydroxylation is 2. The fraction of sp³-hybridized carbons (Fsp3) is 0.293. The first-order valence-corrected chi connectivity index (χ1v) is 25.3. The Morgan fingerprint density at radius 3 is 1.64 bits per heavy atom. The van der Waals surface area contributed by atoms with Crippen LogP contribution in [-0.4, -0.2) is 4.26 Å². The average molecular weight is 790 g/mol. The van der Waals surface area contributed by atoms with Crippen LogP contribution in [0, 0.1) is 13.8 Å². The number of fused-ring (bicyclic) bond motifs is 3. The van der Waals surface area contributed by atoms with E-state index < -0.39 is 18.0 Å². The van der Waals surface area contributed by atoms with E-state index in [2.05, 4.69) is 152 Å². The second-order valence-electron chi connectivity index (χ2n) is 15.1. The van der Waals surface area contributed by atoms with Crippen LogP contribution in [0.15, 0.2) is 100 Å². The van der Waals surface area contributed by atoms with Gasteiger partial charge in [0.05, 0.1) is 0 Å². The first kappa shape index (κ1) is 34.6. The first-order valence-electron chi connectivity index (χ1n) is 15.6. The Morgan fingerprint density at radius 1 is 0.636 bits per heavy atom. The molecule has 0 saturated carbocycles. The Labute approximate surface area is 279 Å². The molecule has 6 rings (SSSR count). The molecule has 230 valence electrons. The molecule has 4 aromatic rings. The van der Waals surface area contributed by atoms with Gasteiger partial charge >= 0.3 is 256 Å². The predicted molar refractivity (Wildman–Crippen MR) is 197 cm³/mol. The van der Waals surface area contributed by atoms with E-state index in [9.17, 15) is 0 Å². The Balaban J connectivity index is 0.00000221. The van der Waals surface area contributed by atoms with Gasteiger partial charge in [0.15, 0.2) is 0 Å². The van der Waals surface area contributed by atoms with Gasteiger partial charge < -0.3 is 0 Å². The monoisotopic (exact) mass is 790 g/mol. The molecule has 0 saturated heterocycles. The van der Waals surface area contributed by atoms with Crippen LogP contribution in [0.3, 0.4) is 0 Å². The number of hydrogen-bond acceptors (Lipinski definition) is 0. The van der Waals surface area contributed by atoms with E-state index in [-0.39, 0.29) is 35.6 Å². The zero-order valence-electron chi connectivity index (χ0n) is 27.7. The third-order valence-electron chi connectivity index (χ3n) is 10.2. The number of rotatable bonds is 4. The SMILES string of the molecule is Cl.Cl.[CH2]=[Hf]([C]1=CC=CC1)([c]1ccc(C)cc1)([c]1ccc(C)cc1)[c]1cc(C(C)(C)C)cc2c1Cc1ccc(C(C)(C)C)cc1-2. The topological polar surface area (TPSA) is 0 Å². The predicted octanol–water partition coefficient (Wildman–Crippen LogP) is 9.55. The molecule has 0 bridgehead atoms. The molecule has 0 aromatic heterocycles. The van der Waals surface area contributed by atoms with Gasteiger partial charge in [-0.3, -0.25) is 0 Å². The van der Waals surface area contributed by atoms with Crippen molar-refractivity contribution in [1.29, 1.82) is 0 Å². The summed E-state index contributed by atoms with van der Waals surface area (Å²) in [6.07, 6.45) is 8.98. The number of benzene rings is 4. The summed E-state index contributed by atoms with van der Waals surface area (Å²) in [5.74, 6) is 0. The molecule has 4 aromatic carbocycles. The van der Waals surface area contributed by atoms with E-state index in [1.165, 1.54) is 54.5 Å². The van der Waals surface area contributed by atoms with Gasteiger partial charge in [-0.15, -0.1) is 24.8 Å². The number of allylic oxidation sites excluding steroid dienone is 4. The summed E-state index contributed by atoms with van der Waals surface area (Å²) in [5, 5.41) is 0. The fourth-order valence-electron chi connectivity index (χ4n) is 7.39. The van der Waals surface area contributed by atoms with Gasteiger partial charge in [0.25, 0.3) is 0 Å². The van der Waals surface area contributed by atoms with Gasteiger partial charge in [0, 0.05) is 0 Å². The van der Waals surface area contributed by atoms with Gasteiger partial charge in [0.1, 0.15) is 0 Å². The Morgan fingerprint density at radius 2 is 1.16 bits per heavy atom. The van der Waals surface area contributed by atoms with Crippen molar-refractivity contribution in [3.8, 4) is 11.1 Å². The minimum absolute atomic E-state index is 0. The second-order valence-corrected chi connectivity index (χ2v) is 34.0. The van der Waals surface area contributed by atoms with Gasteiger partial charge in [-0.2, -0.15) is 0 Å². The van der Waals surface area contributed by atoms with Crippen LogP contribution in [0.5, 0.6) is 0 Å². The fourth-order valence-corrected chi connectivity index (χ4v) is 29.8. The molecule has 0 fully saturated rings. The molecular weight excluding hydrogens is 742 g/mol. The van der Waals surface area contributed by atoms with Crippen molar-refractivity contribution in [1.82, 2.24) is 0 Å². The summed E-state index contributed by atoms with van der Waals surface area (Å²) in [6.45, 7) is 18.4. The van der Waals surface area contributed by atoms with Gasteiger partial charge in [-0.05, 0) is 0 Å². The molecular formula is C41H48Cl2Hf. The first-order chi connectivity index (χ1) is 19.7. The van der Waals surface area contributed by atoms with Crippen molar-refractivity contribution in [3.05, 3.63) is 134 Å². The molecule has 0 N–H and O–H groups in total. The summed E-state index contributed by atoms with van der Waals surface area (Å²) in [5.41, 5.74) is 11.3. The Kier molecular flexibility index (Phi) is 9.26. The van der Waals surface area contributed by atoms with E-state index >= 15 is 0 Å². The summed E-state index contributed by atoms with van der Waals surface area (Å²) in [7, 11) is 0. The molecule has 0 aliphatic heterocycles. The molecule has 2 aliphatic rings. The van der Waals surface area contributed by atoms with Crippen LogP contribution in [0.1, 0.15) is 81.3 Å². The maximum absolute atomic E-state index is 5.68. The molecule has 0 nitrogen and oxygen atoms in total. The Bertz CT molecular complexity index is 1790. The third-order valence-corrected chi connectivity index (χ3v) is 34.1. The van der Waals surface area contributed by atoms with Crippen LogP contribution >= 0.6 is 24.8 Å². The molecule has 44 heavy (non-hydrogen) atoms. The third kappa shape index (κ3) is 5.32. The molecule has 0 atom stereocenters. The van der Waals surface area contributed by atoms with E-state index in [1.54, 1.807) is 3.33 Å². The van der Waals surface area contributed by atoms with Crippen molar-refractivity contribution in [2.24, 2.45) is 0 Å². The van der Waals surface area contributed by atoms with Crippen LogP contribution < -0.4 is 9.96 Å². The van der Waals surface area contributed by atoms with Crippen molar-refractivity contribution in [3.63, 3.8) is 0 Å². The van der Waals surface area contributed by atoms with Gasteiger partial charge in [-0.1, -0.05) is 0 Å². The summed E-state index contributed by atoms with van der Waals surface area (Å²) in [4.78, 5) is 0. The molecule has 2 aliphatic carbocycles. The van der Waals surface area contributed by atoms with Crippen LogP contribution in [-0.2, 0) is 35.3 Å². The average Bonchev–Trinajstić information content (AvgIpc) is 3.61. The second kappa shape index (κ2) is 11.8. The van der Waals surface area contributed by atoms with Crippen LogP contribution in [0.4, 0.5) is 0 Å². The van der Waals surface area contributed by atoms with E-state index in [4.69, 9.17) is 4.26 Å². The van der Waals surface area contributed by atoms with E-state index in [1.807, 2.05) is 0 Å². The molecule has 0 radical (unpaired) electrons. The normalized spacial score (nSPS) is 14.3. The summed E-state index contributed by atoms with van der Waals surface area (Å²) in [6, 6.07) is 31.3. The van der Waals surface area contributed by atoms with E-state index in [0.29, 0.717) is 0 Å².